The number of carbonyl (C=O) groups is 3. The van der Waals surface area contributed by atoms with Crippen LogP contribution in [0.25, 0.3) is 6.08 Å². The van der Waals surface area contributed by atoms with Crippen molar-refractivity contribution in [2.24, 2.45) is 0 Å². The highest BCUT2D eigenvalue weighted by atomic mass is 79.9. The summed E-state index contributed by atoms with van der Waals surface area (Å²) >= 11 is 8.94. The van der Waals surface area contributed by atoms with Crippen LogP contribution >= 0.6 is 27.5 Å². The molecule has 1 aliphatic heterocycles. The fraction of sp³-hybridized carbons (Fsp3) is 0.292. The molecule has 0 atom stereocenters. The molecule has 3 rings (SSSR count). The monoisotopic (exact) mass is 550 g/mol. The Morgan fingerprint density at radius 2 is 1.74 bits per heavy atom. The van der Waals surface area contributed by atoms with Crippen molar-refractivity contribution in [1.29, 1.82) is 0 Å². The number of halogens is 3. The summed E-state index contributed by atoms with van der Waals surface area (Å²) in [5, 5.41) is 12.1. The van der Waals surface area contributed by atoms with E-state index in [0.29, 0.717) is 46.6 Å². The fourth-order valence-corrected chi connectivity index (χ4v) is 4.07. The second kappa shape index (κ2) is 12.1. The van der Waals surface area contributed by atoms with Gasteiger partial charge in [-0.2, -0.15) is 0 Å². The van der Waals surface area contributed by atoms with Crippen molar-refractivity contribution in [3.05, 3.63) is 75.0 Å². The molecular formula is C24H25BrClFN4O3. The Morgan fingerprint density at radius 3 is 2.41 bits per heavy atom. The second-order valence-corrected chi connectivity index (χ2v) is 9.14. The minimum absolute atomic E-state index is 0.211. The van der Waals surface area contributed by atoms with Crippen LogP contribution in [0.15, 0.2) is 53.0 Å². The molecule has 1 heterocycles. The molecular weight excluding hydrogens is 527 g/mol. The molecule has 0 aliphatic carbocycles. The summed E-state index contributed by atoms with van der Waals surface area (Å²) in [4.78, 5) is 37.8. The predicted octanol–water partition coefficient (Wildman–Crippen LogP) is 3.04. The van der Waals surface area contributed by atoms with E-state index < -0.39 is 17.3 Å². The van der Waals surface area contributed by atoms with Crippen molar-refractivity contribution in [2.45, 2.75) is 18.4 Å². The van der Waals surface area contributed by atoms with Crippen LogP contribution in [-0.2, 0) is 9.59 Å². The molecule has 0 bridgehead atoms. The minimum atomic E-state index is -1.06. The summed E-state index contributed by atoms with van der Waals surface area (Å²) in [5.41, 5.74) is 0.0532. The highest BCUT2D eigenvalue weighted by Crippen LogP contribution is 2.20. The minimum Gasteiger partial charge on any atom is -0.352 e. The molecule has 0 spiro atoms. The summed E-state index contributed by atoms with van der Waals surface area (Å²) in [6, 6.07) is 10.9. The van der Waals surface area contributed by atoms with Crippen LogP contribution in [0.4, 0.5) is 4.39 Å². The standard InChI is InChI=1S/C24H25BrClFN4O3/c25-19-15-16(1-7-20(19)27)2-8-21(32)31-24(9-11-28-12-10-24)23(34)30-14-13-29-22(33)17-3-5-18(26)6-4-17/h1-8,15,28H,9-14H2,(H,29,33)(H,30,34)(H,31,32). The third-order valence-electron chi connectivity index (χ3n) is 5.43. The number of carbonyl (C=O) groups excluding carboxylic acids is 3. The molecule has 0 aromatic heterocycles. The maximum absolute atomic E-state index is 13.4. The Morgan fingerprint density at radius 1 is 1.06 bits per heavy atom. The first-order chi connectivity index (χ1) is 16.3. The van der Waals surface area contributed by atoms with Gasteiger partial charge in [0.05, 0.1) is 4.47 Å². The molecule has 0 unspecified atom stereocenters. The first-order valence-corrected chi connectivity index (χ1v) is 11.9. The van der Waals surface area contributed by atoms with Crippen LogP contribution in [0.2, 0.25) is 5.02 Å². The summed E-state index contributed by atoms with van der Waals surface area (Å²) in [6.07, 6.45) is 3.73. The van der Waals surface area contributed by atoms with Crippen molar-refractivity contribution in [1.82, 2.24) is 21.3 Å². The molecule has 0 saturated carbocycles. The van der Waals surface area contributed by atoms with Gasteiger partial charge in [-0.1, -0.05) is 17.7 Å². The Bertz CT molecular complexity index is 1070. The van der Waals surface area contributed by atoms with E-state index in [1.165, 1.54) is 12.1 Å². The van der Waals surface area contributed by atoms with Gasteiger partial charge >= 0.3 is 0 Å². The number of hydrogen-bond donors (Lipinski definition) is 4. The molecule has 10 heteroatoms. The Labute approximate surface area is 210 Å². The first kappa shape index (κ1) is 25.9. The summed E-state index contributed by atoms with van der Waals surface area (Å²) in [7, 11) is 0. The van der Waals surface area contributed by atoms with E-state index in [0.717, 1.165) is 0 Å². The van der Waals surface area contributed by atoms with Gasteiger partial charge in [0.1, 0.15) is 11.4 Å². The van der Waals surface area contributed by atoms with Gasteiger partial charge in [0.25, 0.3) is 5.91 Å². The van der Waals surface area contributed by atoms with Crippen molar-refractivity contribution in [3.63, 3.8) is 0 Å². The highest BCUT2D eigenvalue weighted by Gasteiger charge is 2.40. The normalized spacial score (nSPS) is 15.0. The van der Waals surface area contributed by atoms with Gasteiger partial charge in [-0.15, -0.1) is 0 Å². The summed E-state index contributed by atoms with van der Waals surface area (Å²) < 4.78 is 13.7. The van der Waals surface area contributed by atoms with E-state index in [-0.39, 0.29) is 24.9 Å². The molecule has 4 N–H and O–H groups in total. The van der Waals surface area contributed by atoms with Gasteiger partial charge in [0, 0.05) is 29.8 Å². The van der Waals surface area contributed by atoms with Gasteiger partial charge in [0.15, 0.2) is 0 Å². The van der Waals surface area contributed by atoms with Crippen LogP contribution in [0.5, 0.6) is 0 Å². The molecule has 1 saturated heterocycles. The lowest BCUT2D eigenvalue weighted by atomic mass is 9.87. The average Bonchev–Trinajstić information content (AvgIpc) is 2.83. The fourth-order valence-electron chi connectivity index (χ4n) is 3.55. The maximum atomic E-state index is 13.4. The zero-order chi connectivity index (χ0) is 24.6. The molecule has 3 amide bonds. The molecule has 1 fully saturated rings. The summed E-state index contributed by atoms with van der Waals surface area (Å²) in [6.45, 7) is 1.60. The number of hydrogen-bond acceptors (Lipinski definition) is 4. The molecule has 2 aromatic rings. The molecule has 2 aromatic carbocycles. The smallest absolute Gasteiger partial charge is 0.251 e. The summed E-state index contributed by atoms with van der Waals surface area (Å²) in [5.74, 6) is -1.39. The number of nitrogens with one attached hydrogen (secondary N) is 4. The molecule has 7 nitrogen and oxygen atoms in total. The lowest BCUT2D eigenvalue weighted by Crippen LogP contribution is -2.63. The van der Waals surface area contributed by atoms with Crippen LogP contribution < -0.4 is 21.3 Å². The van der Waals surface area contributed by atoms with Gasteiger partial charge in [-0.3, -0.25) is 14.4 Å². The molecule has 0 radical (unpaired) electrons. The van der Waals surface area contributed by atoms with Crippen LogP contribution in [0, 0.1) is 5.82 Å². The number of piperidine rings is 1. The number of rotatable bonds is 8. The zero-order valence-corrected chi connectivity index (χ0v) is 20.6. The van der Waals surface area contributed by atoms with E-state index in [4.69, 9.17) is 11.6 Å². The molecule has 180 valence electrons. The lowest BCUT2D eigenvalue weighted by Gasteiger charge is -2.36. The van der Waals surface area contributed by atoms with Gasteiger partial charge in [-0.25, -0.2) is 4.39 Å². The van der Waals surface area contributed by atoms with E-state index in [2.05, 4.69) is 37.2 Å². The van der Waals surface area contributed by atoms with Gasteiger partial charge in [0.2, 0.25) is 11.8 Å². The third-order valence-corrected chi connectivity index (χ3v) is 6.29. The third kappa shape index (κ3) is 7.12. The SMILES string of the molecule is O=C(C=Cc1ccc(F)c(Br)c1)NC1(C(=O)NCCNC(=O)c2ccc(Cl)cc2)CCNCC1. The maximum Gasteiger partial charge on any atom is 0.251 e. The van der Waals surface area contributed by atoms with Crippen LogP contribution in [0.3, 0.4) is 0 Å². The zero-order valence-electron chi connectivity index (χ0n) is 18.3. The Balaban J connectivity index is 1.54. The van der Waals surface area contributed by atoms with Crippen molar-refractivity contribution >= 4 is 51.3 Å². The van der Waals surface area contributed by atoms with E-state index in [9.17, 15) is 18.8 Å². The topological polar surface area (TPSA) is 99.3 Å². The van der Waals surface area contributed by atoms with Crippen molar-refractivity contribution < 1.29 is 18.8 Å². The predicted molar refractivity (Wildman–Crippen MR) is 133 cm³/mol. The van der Waals surface area contributed by atoms with Gasteiger partial charge in [-0.05, 0) is 89.9 Å². The Hall–Kier alpha value is -2.75. The second-order valence-electron chi connectivity index (χ2n) is 7.85. The van der Waals surface area contributed by atoms with Crippen LogP contribution in [0.1, 0.15) is 28.8 Å². The number of benzene rings is 2. The van der Waals surface area contributed by atoms with Gasteiger partial charge < -0.3 is 21.3 Å². The van der Waals surface area contributed by atoms with E-state index >= 15 is 0 Å². The average molecular weight is 552 g/mol. The Kier molecular flexibility index (Phi) is 9.20. The number of amides is 3. The van der Waals surface area contributed by atoms with Crippen molar-refractivity contribution in [3.8, 4) is 0 Å². The van der Waals surface area contributed by atoms with Crippen molar-refractivity contribution in [2.75, 3.05) is 26.2 Å². The highest BCUT2D eigenvalue weighted by molar-refractivity contribution is 9.10. The molecule has 1 aliphatic rings. The quantitative estimate of drug-likeness (QED) is 0.299. The van der Waals surface area contributed by atoms with Crippen LogP contribution in [-0.4, -0.2) is 49.4 Å². The molecule has 34 heavy (non-hydrogen) atoms. The van der Waals surface area contributed by atoms with E-state index in [1.54, 1.807) is 42.5 Å². The largest absolute Gasteiger partial charge is 0.352 e. The lowest BCUT2D eigenvalue weighted by molar-refractivity contribution is -0.133. The van der Waals surface area contributed by atoms with E-state index in [1.807, 2.05) is 0 Å². The first-order valence-electron chi connectivity index (χ1n) is 10.8.